The van der Waals surface area contributed by atoms with Crippen LogP contribution in [-0.2, 0) is 20.1 Å². The lowest BCUT2D eigenvalue weighted by molar-refractivity contribution is 0.295. The minimum absolute atomic E-state index is 0.0600. The van der Waals surface area contributed by atoms with E-state index in [1.807, 2.05) is 39.1 Å². The molecule has 1 atom stereocenters. The van der Waals surface area contributed by atoms with Crippen molar-refractivity contribution in [1.82, 2.24) is 9.78 Å². The summed E-state index contributed by atoms with van der Waals surface area (Å²) in [5, 5.41) is 5.55. The second-order valence-corrected chi connectivity index (χ2v) is 5.74. The molecule has 2 N–H and O–H groups in total. The number of halogens is 2. The van der Waals surface area contributed by atoms with E-state index in [0.717, 1.165) is 23.4 Å². The van der Waals surface area contributed by atoms with Crippen LogP contribution in [0, 0.1) is 0 Å². The molecule has 1 aromatic carbocycles. The molecule has 0 bridgehead atoms. The molecule has 1 heterocycles. The second kappa shape index (κ2) is 6.69. The number of hydrogen-bond acceptors (Lipinski definition) is 3. The minimum Gasteiger partial charge on any atom is -0.486 e. The van der Waals surface area contributed by atoms with Crippen LogP contribution in [0.4, 0.5) is 0 Å². The summed E-state index contributed by atoms with van der Waals surface area (Å²) < 4.78 is 7.50. The van der Waals surface area contributed by atoms with E-state index in [-0.39, 0.29) is 6.04 Å². The van der Waals surface area contributed by atoms with Crippen molar-refractivity contribution >= 4 is 23.2 Å². The molecule has 114 valence electrons. The molecule has 1 aromatic heterocycles. The zero-order valence-corrected chi connectivity index (χ0v) is 13.9. The van der Waals surface area contributed by atoms with Gasteiger partial charge in [0.25, 0.3) is 0 Å². The van der Waals surface area contributed by atoms with E-state index >= 15 is 0 Å². The maximum atomic E-state index is 6.29. The molecule has 0 saturated carbocycles. The van der Waals surface area contributed by atoms with Crippen molar-refractivity contribution in [3.63, 3.8) is 0 Å². The molecule has 0 aliphatic heterocycles. The van der Waals surface area contributed by atoms with Gasteiger partial charge < -0.3 is 10.5 Å². The maximum absolute atomic E-state index is 6.29. The number of hydrogen-bond donors (Lipinski definition) is 1. The highest BCUT2D eigenvalue weighted by atomic mass is 35.5. The lowest BCUT2D eigenvalue weighted by Crippen LogP contribution is -2.06. The minimum atomic E-state index is -0.0600. The van der Waals surface area contributed by atoms with Crippen LogP contribution in [0.3, 0.4) is 0 Å². The van der Waals surface area contributed by atoms with Crippen LogP contribution in [0.25, 0.3) is 0 Å². The number of aromatic nitrogens is 2. The molecule has 6 heteroatoms. The van der Waals surface area contributed by atoms with Crippen LogP contribution in [0.5, 0.6) is 5.75 Å². The number of rotatable bonds is 5. The monoisotopic (exact) mass is 327 g/mol. The summed E-state index contributed by atoms with van der Waals surface area (Å²) in [5.41, 5.74) is 8.50. The van der Waals surface area contributed by atoms with Crippen molar-refractivity contribution in [2.24, 2.45) is 12.8 Å². The topological polar surface area (TPSA) is 53.1 Å². The van der Waals surface area contributed by atoms with Gasteiger partial charge in [-0.1, -0.05) is 36.2 Å². The number of benzene rings is 1. The largest absolute Gasteiger partial charge is 0.486 e. The third kappa shape index (κ3) is 3.51. The zero-order chi connectivity index (χ0) is 15.6. The Labute approximate surface area is 134 Å². The molecular weight excluding hydrogens is 309 g/mol. The number of nitrogens with two attached hydrogens (primary N) is 1. The van der Waals surface area contributed by atoms with Gasteiger partial charge in [-0.15, -0.1) is 0 Å². The van der Waals surface area contributed by atoms with Gasteiger partial charge in [0.15, 0.2) is 0 Å². The Morgan fingerprint density at radius 1 is 1.38 bits per heavy atom. The van der Waals surface area contributed by atoms with Crippen molar-refractivity contribution in [3.05, 3.63) is 45.2 Å². The van der Waals surface area contributed by atoms with Gasteiger partial charge in [-0.3, -0.25) is 4.68 Å². The van der Waals surface area contributed by atoms with E-state index in [4.69, 9.17) is 33.7 Å². The highest BCUT2D eigenvalue weighted by Gasteiger charge is 2.14. The Kier molecular flexibility index (Phi) is 5.14. The third-order valence-corrected chi connectivity index (χ3v) is 4.08. The highest BCUT2D eigenvalue weighted by Crippen LogP contribution is 2.29. The van der Waals surface area contributed by atoms with Crippen molar-refractivity contribution < 1.29 is 4.74 Å². The van der Waals surface area contributed by atoms with Gasteiger partial charge >= 0.3 is 0 Å². The molecule has 2 aromatic rings. The van der Waals surface area contributed by atoms with Gasteiger partial charge in [0.05, 0.1) is 21.4 Å². The summed E-state index contributed by atoms with van der Waals surface area (Å²) in [4.78, 5) is 0. The van der Waals surface area contributed by atoms with Gasteiger partial charge in [-0.2, -0.15) is 5.10 Å². The normalized spacial score (nSPS) is 12.5. The van der Waals surface area contributed by atoms with Crippen molar-refractivity contribution in [1.29, 1.82) is 0 Å². The van der Waals surface area contributed by atoms with Crippen molar-refractivity contribution in [3.8, 4) is 5.75 Å². The fourth-order valence-corrected chi connectivity index (χ4v) is 2.63. The quantitative estimate of drug-likeness (QED) is 0.906. The van der Waals surface area contributed by atoms with Gasteiger partial charge in [-0.25, -0.2) is 0 Å². The molecule has 0 aliphatic carbocycles. The smallest absolute Gasteiger partial charge is 0.138 e. The van der Waals surface area contributed by atoms with Crippen LogP contribution in [0.1, 0.15) is 36.8 Å². The zero-order valence-electron chi connectivity index (χ0n) is 12.4. The standard InChI is InChI=1S/C15H19Cl2N3O/c1-4-12-15(17)13(20(3)19-12)8-21-14-6-5-10(9(2)18)7-11(14)16/h5-7,9H,4,8,18H2,1-3H3/t9-/m1/s1. The summed E-state index contributed by atoms with van der Waals surface area (Å²) in [7, 11) is 1.85. The fraction of sp³-hybridized carbons (Fsp3) is 0.400. The summed E-state index contributed by atoms with van der Waals surface area (Å²) in [6.07, 6.45) is 0.788. The predicted molar refractivity (Wildman–Crippen MR) is 86.0 cm³/mol. The Hall–Kier alpha value is -1.23. The van der Waals surface area contributed by atoms with Crippen molar-refractivity contribution in [2.75, 3.05) is 0 Å². The molecule has 21 heavy (non-hydrogen) atoms. The Morgan fingerprint density at radius 3 is 2.62 bits per heavy atom. The summed E-state index contributed by atoms with van der Waals surface area (Å²) in [6.45, 7) is 4.25. The van der Waals surface area contributed by atoms with Crippen LogP contribution in [0.2, 0.25) is 10.0 Å². The first kappa shape index (κ1) is 16.1. The summed E-state index contributed by atoms with van der Waals surface area (Å²) in [5.74, 6) is 0.608. The lowest BCUT2D eigenvalue weighted by atomic mass is 10.1. The van der Waals surface area contributed by atoms with E-state index in [1.54, 1.807) is 4.68 Å². The highest BCUT2D eigenvalue weighted by molar-refractivity contribution is 6.32. The SMILES string of the molecule is CCc1nn(C)c(COc2ccc([C@@H](C)N)cc2Cl)c1Cl. The maximum Gasteiger partial charge on any atom is 0.138 e. The Balaban J connectivity index is 2.15. The number of ether oxygens (including phenoxy) is 1. The molecule has 0 saturated heterocycles. The summed E-state index contributed by atoms with van der Waals surface area (Å²) in [6, 6.07) is 5.50. The molecule has 0 unspecified atom stereocenters. The van der Waals surface area contributed by atoms with Gasteiger partial charge in [0.1, 0.15) is 12.4 Å². The van der Waals surface area contributed by atoms with E-state index < -0.39 is 0 Å². The number of aryl methyl sites for hydroxylation is 2. The van der Waals surface area contributed by atoms with Gasteiger partial charge in [-0.05, 0) is 31.0 Å². The third-order valence-electron chi connectivity index (χ3n) is 3.35. The number of nitrogens with zero attached hydrogens (tertiary/aromatic N) is 2. The van der Waals surface area contributed by atoms with E-state index in [1.165, 1.54) is 0 Å². The first-order valence-corrected chi connectivity index (χ1v) is 7.57. The van der Waals surface area contributed by atoms with E-state index in [9.17, 15) is 0 Å². The van der Waals surface area contributed by atoms with Crippen LogP contribution >= 0.6 is 23.2 Å². The summed E-state index contributed by atoms with van der Waals surface area (Å²) >= 11 is 12.5. The molecule has 0 aliphatic rings. The first-order chi connectivity index (χ1) is 9.93. The Morgan fingerprint density at radius 2 is 2.10 bits per heavy atom. The molecule has 0 spiro atoms. The molecule has 0 radical (unpaired) electrons. The predicted octanol–water partition coefficient (Wildman–Crippen LogP) is 3.89. The molecule has 2 rings (SSSR count). The van der Waals surface area contributed by atoms with Crippen LogP contribution in [-0.4, -0.2) is 9.78 Å². The van der Waals surface area contributed by atoms with Gasteiger partial charge in [0.2, 0.25) is 0 Å². The molecular formula is C15H19Cl2N3O. The second-order valence-electron chi connectivity index (χ2n) is 4.95. The van der Waals surface area contributed by atoms with Gasteiger partial charge in [0, 0.05) is 13.1 Å². The average Bonchev–Trinajstić information content (AvgIpc) is 2.72. The molecule has 4 nitrogen and oxygen atoms in total. The Bertz CT molecular complexity index is 638. The van der Waals surface area contributed by atoms with Crippen molar-refractivity contribution in [2.45, 2.75) is 32.9 Å². The van der Waals surface area contributed by atoms with Crippen LogP contribution < -0.4 is 10.5 Å². The first-order valence-electron chi connectivity index (χ1n) is 6.82. The molecule has 0 amide bonds. The lowest BCUT2D eigenvalue weighted by Gasteiger charge is -2.11. The average molecular weight is 328 g/mol. The van der Waals surface area contributed by atoms with Crippen LogP contribution in [0.15, 0.2) is 18.2 Å². The van der Waals surface area contributed by atoms with E-state index in [2.05, 4.69) is 5.10 Å². The fourth-order valence-electron chi connectivity index (χ4n) is 2.04. The molecule has 0 fully saturated rings. The van der Waals surface area contributed by atoms with E-state index in [0.29, 0.717) is 22.4 Å².